The first-order chi connectivity index (χ1) is 22.6. The second-order valence-electron chi connectivity index (χ2n) is 12.9. The molecule has 0 bridgehead atoms. The van der Waals surface area contributed by atoms with E-state index in [9.17, 15) is 0 Å². The van der Waals surface area contributed by atoms with Crippen molar-refractivity contribution in [1.29, 1.82) is 0 Å². The third kappa shape index (κ3) is 3.52. The van der Waals surface area contributed by atoms with Gasteiger partial charge in [0.2, 0.25) is 0 Å². The highest BCUT2D eigenvalue weighted by molar-refractivity contribution is 7.26. The molecule has 2 aromatic heterocycles. The third-order valence-electron chi connectivity index (χ3n) is 10.0. The second kappa shape index (κ2) is 9.32. The van der Waals surface area contributed by atoms with E-state index >= 15 is 0 Å². The van der Waals surface area contributed by atoms with Crippen molar-refractivity contribution in [2.45, 2.75) is 19.3 Å². The van der Waals surface area contributed by atoms with Gasteiger partial charge in [-0.15, -0.1) is 11.3 Å². The lowest BCUT2D eigenvalue weighted by molar-refractivity contribution is 0.660. The van der Waals surface area contributed by atoms with E-state index in [1.807, 2.05) is 11.3 Å². The van der Waals surface area contributed by atoms with E-state index in [1.54, 1.807) is 0 Å². The summed E-state index contributed by atoms with van der Waals surface area (Å²) in [6.45, 7) is 4.69. The molecule has 0 spiro atoms. The molecule has 1 aliphatic carbocycles. The molecule has 10 rings (SSSR count). The SMILES string of the molecule is CC1(C)c2ccccc2-c2ccc(N(c3ccccc3)c3ccc4sc5ccc6c(oc7ccc8ccccc8c76)c5c4c3)cc21. The fourth-order valence-corrected chi connectivity index (χ4v) is 8.93. The van der Waals surface area contributed by atoms with Gasteiger partial charge < -0.3 is 9.32 Å². The fraction of sp³-hybridized carbons (Fsp3) is 0.0698. The summed E-state index contributed by atoms with van der Waals surface area (Å²) in [6, 6.07) is 50.9. The molecule has 0 N–H and O–H groups in total. The molecule has 2 heterocycles. The maximum Gasteiger partial charge on any atom is 0.144 e. The van der Waals surface area contributed by atoms with Crippen molar-refractivity contribution in [2.24, 2.45) is 0 Å². The average molecular weight is 608 g/mol. The molecule has 0 unspecified atom stereocenters. The number of rotatable bonds is 3. The van der Waals surface area contributed by atoms with Gasteiger partial charge in [-0.2, -0.15) is 0 Å². The molecule has 218 valence electrons. The van der Waals surface area contributed by atoms with Gasteiger partial charge in [0.05, 0.1) is 0 Å². The minimum Gasteiger partial charge on any atom is -0.455 e. The van der Waals surface area contributed by atoms with E-state index in [0.29, 0.717) is 0 Å². The van der Waals surface area contributed by atoms with Crippen LogP contribution in [-0.2, 0) is 5.41 Å². The van der Waals surface area contributed by atoms with Gasteiger partial charge in [-0.25, -0.2) is 0 Å². The molecule has 2 nitrogen and oxygen atoms in total. The molecule has 0 amide bonds. The van der Waals surface area contributed by atoms with E-state index in [1.165, 1.54) is 64.0 Å². The first-order valence-electron chi connectivity index (χ1n) is 15.9. The van der Waals surface area contributed by atoms with Crippen molar-refractivity contribution < 1.29 is 4.42 Å². The van der Waals surface area contributed by atoms with Crippen LogP contribution >= 0.6 is 11.3 Å². The molecule has 0 fully saturated rings. The standard InChI is InChI=1S/C43H29NOS/c1-43(2)35-15-9-8-14-31(35)32-19-17-29(25-36(32)43)44(27-11-4-3-5-12-27)28-18-22-38-34(24-28)41-39(46-38)23-20-33-40-30-13-7-6-10-26(30)16-21-37(40)45-42(33)41/h3-25H,1-2H3. The van der Waals surface area contributed by atoms with E-state index in [4.69, 9.17) is 4.42 Å². The summed E-state index contributed by atoms with van der Waals surface area (Å²) < 4.78 is 9.21. The number of furan rings is 1. The lowest BCUT2D eigenvalue weighted by Gasteiger charge is -2.28. The van der Waals surface area contributed by atoms with Crippen molar-refractivity contribution >= 4 is 81.3 Å². The fourth-order valence-electron chi connectivity index (χ4n) is 7.85. The zero-order valence-corrected chi connectivity index (χ0v) is 26.4. The number of fused-ring (bicyclic) bond motifs is 12. The smallest absolute Gasteiger partial charge is 0.144 e. The molecule has 9 aromatic rings. The molecule has 0 atom stereocenters. The predicted octanol–water partition coefficient (Wildman–Crippen LogP) is 12.9. The number of thiophene rings is 1. The van der Waals surface area contributed by atoms with Gasteiger partial charge in [0.15, 0.2) is 0 Å². The minimum atomic E-state index is -0.0745. The van der Waals surface area contributed by atoms with Crippen LogP contribution in [0.5, 0.6) is 0 Å². The zero-order valence-electron chi connectivity index (χ0n) is 25.5. The minimum absolute atomic E-state index is 0.0745. The Morgan fingerprint density at radius 1 is 0.522 bits per heavy atom. The molecule has 7 aromatic carbocycles. The van der Waals surface area contributed by atoms with E-state index < -0.39 is 0 Å². The van der Waals surface area contributed by atoms with Crippen LogP contribution in [0, 0.1) is 0 Å². The molecule has 46 heavy (non-hydrogen) atoms. The topological polar surface area (TPSA) is 16.4 Å². The zero-order chi connectivity index (χ0) is 30.6. The number of anilines is 3. The Labute approximate surface area is 270 Å². The van der Waals surface area contributed by atoms with Crippen molar-refractivity contribution in [3.63, 3.8) is 0 Å². The van der Waals surface area contributed by atoms with Gasteiger partial charge in [-0.05, 0) is 93.7 Å². The molecule has 3 heteroatoms. The Kier molecular flexibility index (Phi) is 5.25. The monoisotopic (exact) mass is 607 g/mol. The number of para-hydroxylation sites is 1. The van der Waals surface area contributed by atoms with E-state index in [0.717, 1.165) is 28.2 Å². The first kappa shape index (κ1) is 25.9. The summed E-state index contributed by atoms with van der Waals surface area (Å²) in [5.74, 6) is 0. The third-order valence-corrected chi connectivity index (χ3v) is 11.2. The van der Waals surface area contributed by atoms with Gasteiger partial charge in [-0.3, -0.25) is 0 Å². The highest BCUT2D eigenvalue weighted by Crippen LogP contribution is 2.51. The molecule has 0 saturated heterocycles. The van der Waals surface area contributed by atoms with Crippen LogP contribution in [0.4, 0.5) is 17.1 Å². The quantitative estimate of drug-likeness (QED) is 0.199. The van der Waals surface area contributed by atoms with Crippen LogP contribution in [0.1, 0.15) is 25.0 Å². The highest BCUT2D eigenvalue weighted by Gasteiger charge is 2.35. The largest absolute Gasteiger partial charge is 0.455 e. The highest BCUT2D eigenvalue weighted by atomic mass is 32.1. The maximum absolute atomic E-state index is 6.71. The summed E-state index contributed by atoms with van der Waals surface area (Å²) >= 11 is 1.83. The Morgan fingerprint density at radius 2 is 1.26 bits per heavy atom. The van der Waals surface area contributed by atoms with Crippen LogP contribution in [0.2, 0.25) is 0 Å². The van der Waals surface area contributed by atoms with E-state index in [2.05, 4.69) is 158 Å². The molecule has 0 aliphatic heterocycles. The van der Waals surface area contributed by atoms with E-state index in [-0.39, 0.29) is 5.41 Å². The van der Waals surface area contributed by atoms with Gasteiger partial charge in [-0.1, -0.05) is 92.7 Å². The molecule has 1 aliphatic rings. The Morgan fingerprint density at radius 3 is 2.17 bits per heavy atom. The number of benzene rings is 7. The van der Waals surface area contributed by atoms with Crippen molar-refractivity contribution in [3.05, 3.63) is 151 Å². The number of hydrogen-bond donors (Lipinski definition) is 0. The normalized spacial score (nSPS) is 13.6. The summed E-state index contributed by atoms with van der Waals surface area (Å²) in [5.41, 5.74) is 10.7. The first-order valence-corrected chi connectivity index (χ1v) is 16.7. The second-order valence-corrected chi connectivity index (χ2v) is 14.0. The van der Waals surface area contributed by atoms with Crippen molar-refractivity contribution in [3.8, 4) is 11.1 Å². The van der Waals surface area contributed by atoms with Crippen LogP contribution in [0.25, 0.3) is 64.0 Å². The van der Waals surface area contributed by atoms with Gasteiger partial charge in [0.25, 0.3) is 0 Å². The summed E-state index contributed by atoms with van der Waals surface area (Å²) in [5, 5.41) is 7.24. The average Bonchev–Trinajstić information content (AvgIpc) is 3.73. The molecular formula is C43H29NOS. The number of nitrogens with zero attached hydrogens (tertiary/aromatic N) is 1. The summed E-state index contributed by atoms with van der Waals surface area (Å²) in [6.07, 6.45) is 0. The van der Waals surface area contributed by atoms with Crippen molar-refractivity contribution in [2.75, 3.05) is 4.90 Å². The summed E-state index contributed by atoms with van der Waals surface area (Å²) in [7, 11) is 0. The summed E-state index contributed by atoms with van der Waals surface area (Å²) in [4.78, 5) is 2.40. The van der Waals surface area contributed by atoms with Crippen LogP contribution in [0.15, 0.2) is 144 Å². The van der Waals surface area contributed by atoms with Crippen LogP contribution < -0.4 is 4.90 Å². The van der Waals surface area contributed by atoms with Gasteiger partial charge in [0.1, 0.15) is 11.2 Å². The van der Waals surface area contributed by atoms with Crippen molar-refractivity contribution in [1.82, 2.24) is 0 Å². The lowest BCUT2D eigenvalue weighted by Crippen LogP contribution is -2.16. The Bertz CT molecular complexity index is 2680. The molecule has 0 saturated carbocycles. The predicted molar refractivity (Wildman–Crippen MR) is 196 cm³/mol. The molecule has 0 radical (unpaired) electrons. The number of hydrogen-bond acceptors (Lipinski definition) is 3. The van der Waals surface area contributed by atoms with Crippen LogP contribution in [0.3, 0.4) is 0 Å². The van der Waals surface area contributed by atoms with Crippen LogP contribution in [-0.4, -0.2) is 0 Å². The Hall–Kier alpha value is -5.38. The molecular weight excluding hydrogens is 579 g/mol. The Balaban J connectivity index is 1.21. The van der Waals surface area contributed by atoms with Gasteiger partial charge >= 0.3 is 0 Å². The van der Waals surface area contributed by atoms with Gasteiger partial charge in [0, 0.05) is 53.4 Å². The lowest BCUT2D eigenvalue weighted by atomic mass is 9.82. The maximum atomic E-state index is 6.71.